The molecule has 0 atom stereocenters. The summed E-state index contributed by atoms with van der Waals surface area (Å²) in [6.45, 7) is 1.35. The molecule has 0 saturated heterocycles. The number of benzene rings is 1. The van der Waals surface area contributed by atoms with E-state index < -0.39 is 5.63 Å². The Morgan fingerprint density at radius 1 is 1.26 bits per heavy atom. The first kappa shape index (κ1) is 12.9. The maximum Gasteiger partial charge on any atom is 0.352 e. The van der Waals surface area contributed by atoms with Crippen LogP contribution in [0.1, 0.15) is 12.5 Å². The van der Waals surface area contributed by atoms with Crippen molar-refractivity contribution in [3.63, 3.8) is 0 Å². The number of rotatable bonds is 1. The Labute approximate surface area is 110 Å². The summed E-state index contributed by atoms with van der Waals surface area (Å²) in [6.07, 6.45) is 0. The molecule has 1 heterocycles. The molecule has 0 bridgehead atoms. The second-order valence-corrected chi connectivity index (χ2v) is 4.37. The van der Waals surface area contributed by atoms with Crippen molar-refractivity contribution in [3.05, 3.63) is 40.2 Å². The van der Waals surface area contributed by atoms with Crippen LogP contribution in [0.5, 0.6) is 0 Å². The predicted octanol–water partition coefficient (Wildman–Crippen LogP) is 1.80. The van der Waals surface area contributed by atoms with Crippen molar-refractivity contribution in [2.45, 2.75) is 6.92 Å². The third kappa shape index (κ3) is 2.83. The van der Waals surface area contributed by atoms with Crippen molar-refractivity contribution in [3.8, 4) is 11.8 Å². The largest absolute Gasteiger partial charge is 0.422 e. The molecule has 19 heavy (non-hydrogen) atoms. The van der Waals surface area contributed by atoms with E-state index in [1.165, 1.54) is 6.92 Å². The fourth-order valence-electron chi connectivity index (χ4n) is 1.62. The molecule has 0 amide bonds. The molecular formula is C15H13NO3. The summed E-state index contributed by atoms with van der Waals surface area (Å²) in [5.74, 6) is 4.58. The predicted molar refractivity (Wildman–Crippen MR) is 74.4 cm³/mol. The maximum absolute atomic E-state index is 11.7. The average Bonchev–Trinajstić information content (AvgIpc) is 2.35. The average molecular weight is 255 g/mol. The Morgan fingerprint density at radius 2 is 2.00 bits per heavy atom. The molecule has 0 aliphatic carbocycles. The molecule has 1 aromatic carbocycles. The maximum atomic E-state index is 11.7. The highest BCUT2D eigenvalue weighted by Gasteiger charge is 2.05. The van der Waals surface area contributed by atoms with Gasteiger partial charge in [-0.25, -0.2) is 4.79 Å². The van der Waals surface area contributed by atoms with Gasteiger partial charge in [0.1, 0.15) is 11.1 Å². The topological polar surface area (TPSA) is 50.5 Å². The van der Waals surface area contributed by atoms with Crippen LogP contribution in [0.2, 0.25) is 0 Å². The standard InChI is InChI=1S/C15H13NO3/c1-10(17)4-5-12-8-11-6-7-13(16(2)3)9-14(11)19-15(12)18/h6-9H,1-3H3. The third-order valence-electron chi connectivity index (χ3n) is 2.61. The number of Topliss-reactive ketones (excluding diaryl/α,β-unsaturated/α-hetero) is 1. The SMILES string of the molecule is CC(=O)C#Cc1cc2ccc(N(C)C)cc2oc1=O. The zero-order valence-corrected chi connectivity index (χ0v) is 11.0. The van der Waals surface area contributed by atoms with Crippen LogP contribution in [-0.4, -0.2) is 19.9 Å². The van der Waals surface area contributed by atoms with Crippen LogP contribution in [0.15, 0.2) is 33.5 Å². The summed E-state index contributed by atoms with van der Waals surface area (Å²) < 4.78 is 5.22. The van der Waals surface area contributed by atoms with E-state index in [1.54, 1.807) is 12.1 Å². The Balaban J connectivity index is 2.60. The Hall–Kier alpha value is -2.54. The first-order valence-electron chi connectivity index (χ1n) is 5.75. The lowest BCUT2D eigenvalue weighted by Gasteiger charge is -2.12. The smallest absolute Gasteiger partial charge is 0.352 e. The minimum absolute atomic E-state index is 0.195. The van der Waals surface area contributed by atoms with E-state index in [-0.39, 0.29) is 11.3 Å². The molecule has 4 heteroatoms. The van der Waals surface area contributed by atoms with Crippen molar-refractivity contribution in [1.29, 1.82) is 0 Å². The first-order valence-corrected chi connectivity index (χ1v) is 5.75. The van der Waals surface area contributed by atoms with Gasteiger partial charge in [0.25, 0.3) is 0 Å². The normalized spacial score (nSPS) is 9.84. The van der Waals surface area contributed by atoms with Gasteiger partial charge in [-0.2, -0.15) is 0 Å². The van der Waals surface area contributed by atoms with Crippen molar-refractivity contribution in [2.75, 3.05) is 19.0 Å². The molecule has 0 spiro atoms. The molecule has 0 fully saturated rings. The minimum Gasteiger partial charge on any atom is -0.422 e. The lowest BCUT2D eigenvalue weighted by atomic mass is 10.1. The highest BCUT2D eigenvalue weighted by Crippen LogP contribution is 2.20. The van der Waals surface area contributed by atoms with Crippen molar-refractivity contribution >= 4 is 22.4 Å². The van der Waals surface area contributed by atoms with E-state index in [4.69, 9.17) is 4.42 Å². The van der Waals surface area contributed by atoms with Gasteiger partial charge in [-0.3, -0.25) is 4.79 Å². The summed E-state index contributed by atoms with van der Waals surface area (Å²) in [6, 6.07) is 7.20. The second kappa shape index (κ2) is 4.99. The minimum atomic E-state index is -0.530. The van der Waals surface area contributed by atoms with Gasteiger partial charge in [-0.1, -0.05) is 5.92 Å². The molecule has 0 saturated carbocycles. The Bertz CT molecular complexity index is 760. The van der Waals surface area contributed by atoms with Crippen LogP contribution in [0.3, 0.4) is 0 Å². The molecule has 2 aromatic rings. The lowest BCUT2D eigenvalue weighted by molar-refractivity contribution is -0.111. The number of carbonyl (C=O) groups excluding carboxylic acids is 1. The quantitative estimate of drug-likeness (QED) is 0.576. The number of hydrogen-bond acceptors (Lipinski definition) is 4. The highest BCUT2D eigenvalue weighted by atomic mass is 16.4. The van der Waals surface area contributed by atoms with E-state index in [9.17, 15) is 9.59 Å². The summed E-state index contributed by atoms with van der Waals surface area (Å²) >= 11 is 0. The fourth-order valence-corrected chi connectivity index (χ4v) is 1.62. The summed E-state index contributed by atoms with van der Waals surface area (Å²) in [5, 5.41) is 0.776. The highest BCUT2D eigenvalue weighted by molar-refractivity contribution is 5.94. The zero-order chi connectivity index (χ0) is 14.0. The van der Waals surface area contributed by atoms with E-state index in [0.717, 1.165) is 11.1 Å². The van der Waals surface area contributed by atoms with Gasteiger partial charge in [0.2, 0.25) is 5.78 Å². The van der Waals surface area contributed by atoms with Gasteiger partial charge in [0.05, 0.1) is 0 Å². The molecule has 96 valence electrons. The molecule has 0 radical (unpaired) electrons. The van der Waals surface area contributed by atoms with Crippen LogP contribution in [-0.2, 0) is 4.79 Å². The lowest BCUT2D eigenvalue weighted by Crippen LogP contribution is -2.09. The Kier molecular flexibility index (Phi) is 3.39. The van der Waals surface area contributed by atoms with Gasteiger partial charge < -0.3 is 9.32 Å². The van der Waals surface area contributed by atoms with E-state index in [0.29, 0.717) is 5.58 Å². The molecule has 1 aromatic heterocycles. The van der Waals surface area contributed by atoms with E-state index in [2.05, 4.69) is 11.8 Å². The number of fused-ring (bicyclic) bond motifs is 1. The van der Waals surface area contributed by atoms with Gasteiger partial charge >= 0.3 is 5.63 Å². The molecule has 0 aliphatic rings. The van der Waals surface area contributed by atoms with Gasteiger partial charge in [0.15, 0.2) is 0 Å². The molecule has 0 N–H and O–H groups in total. The summed E-state index contributed by atoms with van der Waals surface area (Å²) in [4.78, 5) is 24.5. The van der Waals surface area contributed by atoms with Crippen LogP contribution in [0, 0.1) is 11.8 Å². The van der Waals surface area contributed by atoms with Crippen LogP contribution < -0.4 is 10.5 Å². The molecule has 0 unspecified atom stereocenters. The number of nitrogens with zero attached hydrogens (tertiary/aromatic N) is 1. The monoisotopic (exact) mass is 255 g/mol. The molecule has 4 nitrogen and oxygen atoms in total. The van der Waals surface area contributed by atoms with Crippen LogP contribution >= 0.6 is 0 Å². The van der Waals surface area contributed by atoms with Crippen molar-refractivity contribution in [2.24, 2.45) is 0 Å². The van der Waals surface area contributed by atoms with E-state index in [1.807, 2.05) is 31.1 Å². The van der Waals surface area contributed by atoms with Crippen molar-refractivity contribution < 1.29 is 9.21 Å². The first-order chi connectivity index (χ1) is 8.97. The third-order valence-corrected chi connectivity index (χ3v) is 2.61. The number of anilines is 1. The molecule has 2 rings (SSSR count). The Morgan fingerprint density at radius 3 is 2.63 bits per heavy atom. The van der Waals surface area contributed by atoms with Gasteiger partial charge in [0, 0.05) is 38.2 Å². The number of ketones is 1. The van der Waals surface area contributed by atoms with Gasteiger partial charge in [-0.15, -0.1) is 0 Å². The van der Waals surface area contributed by atoms with Crippen molar-refractivity contribution in [1.82, 2.24) is 0 Å². The molecule has 0 aliphatic heterocycles. The molecular weight excluding hydrogens is 242 g/mol. The summed E-state index contributed by atoms with van der Waals surface area (Å²) in [5.41, 5.74) is 1.11. The summed E-state index contributed by atoms with van der Waals surface area (Å²) in [7, 11) is 3.82. The second-order valence-electron chi connectivity index (χ2n) is 4.37. The van der Waals surface area contributed by atoms with Gasteiger partial charge in [-0.05, 0) is 24.1 Å². The number of carbonyl (C=O) groups is 1. The van der Waals surface area contributed by atoms with Crippen LogP contribution in [0.4, 0.5) is 5.69 Å². The zero-order valence-electron chi connectivity index (χ0n) is 11.0. The van der Waals surface area contributed by atoms with Crippen LogP contribution in [0.25, 0.3) is 11.0 Å². The number of hydrogen-bond donors (Lipinski definition) is 0. The van der Waals surface area contributed by atoms with E-state index >= 15 is 0 Å². The fraction of sp³-hybridized carbons (Fsp3) is 0.200.